The molecule has 2 N–H and O–H groups in total. The summed E-state index contributed by atoms with van der Waals surface area (Å²) in [5, 5.41) is 2.24. The number of fused-ring (bicyclic) bond motifs is 1. The van der Waals surface area contributed by atoms with Gasteiger partial charge in [-0.1, -0.05) is 35.9 Å². The fourth-order valence-corrected chi connectivity index (χ4v) is 1.66. The van der Waals surface area contributed by atoms with Crippen molar-refractivity contribution in [3.05, 3.63) is 47.5 Å². The molecule has 2 heteroatoms. The smallest absolute Gasteiger partial charge is 0.176 e. The van der Waals surface area contributed by atoms with Crippen LogP contribution in [0.2, 0.25) is 0 Å². The number of ketones is 1. The highest BCUT2D eigenvalue weighted by molar-refractivity contribution is 6.01. The predicted octanol–water partition coefficient (Wildman–Crippen LogP) is 2.29. The predicted molar refractivity (Wildman–Crippen MR) is 62.1 cm³/mol. The number of carbonyl (C=O) groups excluding carboxylic acids is 1. The minimum Gasteiger partial charge on any atom is -0.324 e. The number of benzene rings is 2. The first-order valence-electron chi connectivity index (χ1n) is 4.94. The van der Waals surface area contributed by atoms with Gasteiger partial charge < -0.3 is 5.73 Å². The summed E-state index contributed by atoms with van der Waals surface area (Å²) in [4.78, 5) is 11.4. The normalized spacial score (nSPS) is 10.5. The zero-order valence-electron chi connectivity index (χ0n) is 8.66. The van der Waals surface area contributed by atoms with Gasteiger partial charge in [-0.3, -0.25) is 4.79 Å². The van der Waals surface area contributed by atoms with Crippen molar-refractivity contribution >= 4 is 16.6 Å². The van der Waals surface area contributed by atoms with Crippen molar-refractivity contribution in [2.45, 2.75) is 6.92 Å². The van der Waals surface area contributed by atoms with Crippen LogP contribution >= 0.6 is 0 Å². The van der Waals surface area contributed by atoms with Crippen molar-refractivity contribution in [3.63, 3.8) is 0 Å². The lowest BCUT2D eigenvalue weighted by atomic mass is 10.0. The molecule has 2 rings (SSSR count). The van der Waals surface area contributed by atoms with Crippen LogP contribution in [0.5, 0.6) is 0 Å². The molecule has 0 saturated heterocycles. The van der Waals surface area contributed by atoms with E-state index in [1.54, 1.807) is 0 Å². The van der Waals surface area contributed by atoms with Crippen molar-refractivity contribution in [1.82, 2.24) is 0 Å². The first-order valence-corrected chi connectivity index (χ1v) is 4.94. The Bertz CT molecular complexity index is 517. The summed E-state index contributed by atoms with van der Waals surface area (Å²) in [6, 6.07) is 11.9. The third-order valence-corrected chi connectivity index (χ3v) is 2.50. The minimum absolute atomic E-state index is 0.0162. The molecule has 0 aliphatic heterocycles. The molecule has 0 spiro atoms. The Hall–Kier alpha value is -1.67. The van der Waals surface area contributed by atoms with Gasteiger partial charge in [0.15, 0.2) is 5.78 Å². The lowest BCUT2D eigenvalue weighted by Gasteiger charge is -2.02. The Morgan fingerprint density at radius 2 is 1.80 bits per heavy atom. The molecule has 0 aliphatic rings. The summed E-state index contributed by atoms with van der Waals surface area (Å²) >= 11 is 0. The van der Waals surface area contributed by atoms with Crippen LogP contribution in [0, 0.1) is 6.92 Å². The van der Waals surface area contributed by atoms with E-state index in [0.29, 0.717) is 5.56 Å². The van der Waals surface area contributed by atoms with E-state index in [1.807, 2.05) is 30.3 Å². The molecule has 0 aliphatic carbocycles. The first-order chi connectivity index (χ1) is 7.20. The van der Waals surface area contributed by atoms with Crippen molar-refractivity contribution in [3.8, 4) is 0 Å². The summed E-state index contributed by atoms with van der Waals surface area (Å²) in [6.07, 6.45) is 0. The molecule has 2 aromatic rings. The number of carbonyl (C=O) groups is 1. The van der Waals surface area contributed by atoms with Gasteiger partial charge >= 0.3 is 0 Å². The van der Waals surface area contributed by atoms with Gasteiger partial charge in [-0.15, -0.1) is 0 Å². The van der Waals surface area contributed by atoms with Gasteiger partial charge in [0.05, 0.1) is 6.54 Å². The minimum atomic E-state index is -0.0162. The van der Waals surface area contributed by atoms with E-state index in [1.165, 1.54) is 5.56 Å². The molecule has 0 fully saturated rings. The SMILES string of the molecule is Cc1ccc2cc(C(=O)CN)ccc2c1. The van der Waals surface area contributed by atoms with Crippen molar-refractivity contribution in [2.24, 2.45) is 5.73 Å². The van der Waals surface area contributed by atoms with Crippen LogP contribution in [0.4, 0.5) is 0 Å². The quantitative estimate of drug-likeness (QED) is 0.754. The number of hydrogen-bond donors (Lipinski definition) is 1. The van der Waals surface area contributed by atoms with Crippen LogP contribution < -0.4 is 5.73 Å². The summed E-state index contributed by atoms with van der Waals surface area (Å²) in [5.41, 5.74) is 7.23. The van der Waals surface area contributed by atoms with Crippen molar-refractivity contribution in [1.29, 1.82) is 0 Å². The number of nitrogens with two attached hydrogens (primary N) is 1. The fourth-order valence-electron chi connectivity index (χ4n) is 1.66. The molecule has 0 aromatic heterocycles. The van der Waals surface area contributed by atoms with E-state index in [2.05, 4.69) is 13.0 Å². The molecule has 76 valence electrons. The molecule has 0 amide bonds. The van der Waals surface area contributed by atoms with Crippen LogP contribution in [-0.2, 0) is 0 Å². The molecular formula is C13H13NO. The highest BCUT2D eigenvalue weighted by Gasteiger charge is 2.03. The van der Waals surface area contributed by atoms with E-state index in [0.717, 1.165) is 10.8 Å². The molecule has 0 heterocycles. The van der Waals surface area contributed by atoms with Gasteiger partial charge in [0, 0.05) is 5.56 Å². The molecule has 15 heavy (non-hydrogen) atoms. The number of hydrogen-bond acceptors (Lipinski definition) is 2. The van der Waals surface area contributed by atoms with E-state index in [4.69, 9.17) is 5.73 Å². The maximum absolute atomic E-state index is 11.4. The Kier molecular flexibility index (Phi) is 2.52. The zero-order chi connectivity index (χ0) is 10.8. The average Bonchev–Trinajstić information content (AvgIpc) is 2.27. The molecule has 0 unspecified atom stereocenters. The fraction of sp³-hybridized carbons (Fsp3) is 0.154. The Morgan fingerprint density at radius 3 is 2.53 bits per heavy atom. The number of aryl methyl sites for hydroxylation is 1. The van der Waals surface area contributed by atoms with Gasteiger partial charge in [-0.25, -0.2) is 0 Å². The van der Waals surface area contributed by atoms with E-state index < -0.39 is 0 Å². The first kappa shape index (κ1) is 9.87. The second-order valence-corrected chi connectivity index (χ2v) is 3.69. The molecule has 0 atom stereocenters. The second-order valence-electron chi connectivity index (χ2n) is 3.69. The highest BCUT2D eigenvalue weighted by atomic mass is 16.1. The lowest BCUT2D eigenvalue weighted by Crippen LogP contribution is -2.13. The summed E-state index contributed by atoms with van der Waals surface area (Å²) in [7, 11) is 0. The molecule has 0 saturated carbocycles. The Labute approximate surface area is 88.7 Å². The van der Waals surface area contributed by atoms with Gasteiger partial charge in [0.1, 0.15) is 0 Å². The molecular weight excluding hydrogens is 186 g/mol. The molecule has 0 radical (unpaired) electrons. The third kappa shape index (κ3) is 1.90. The maximum atomic E-state index is 11.4. The van der Waals surface area contributed by atoms with Crippen LogP contribution in [-0.4, -0.2) is 12.3 Å². The monoisotopic (exact) mass is 199 g/mol. The van der Waals surface area contributed by atoms with Gasteiger partial charge in [-0.2, -0.15) is 0 Å². The van der Waals surface area contributed by atoms with Crippen LogP contribution in [0.1, 0.15) is 15.9 Å². The standard InChI is InChI=1S/C13H13NO/c1-9-2-3-11-7-12(13(15)8-14)5-4-10(11)6-9/h2-7H,8,14H2,1H3. The van der Waals surface area contributed by atoms with Crippen LogP contribution in [0.15, 0.2) is 36.4 Å². The van der Waals surface area contributed by atoms with Gasteiger partial charge in [-0.05, 0) is 23.8 Å². The largest absolute Gasteiger partial charge is 0.324 e. The lowest BCUT2D eigenvalue weighted by molar-refractivity contribution is 0.100. The Morgan fingerprint density at radius 1 is 1.13 bits per heavy atom. The summed E-state index contributed by atoms with van der Waals surface area (Å²) in [5.74, 6) is -0.0162. The highest BCUT2D eigenvalue weighted by Crippen LogP contribution is 2.17. The average molecular weight is 199 g/mol. The number of rotatable bonds is 2. The van der Waals surface area contributed by atoms with Gasteiger partial charge in [0.25, 0.3) is 0 Å². The van der Waals surface area contributed by atoms with Crippen LogP contribution in [0.25, 0.3) is 10.8 Å². The van der Waals surface area contributed by atoms with E-state index in [9.17, 15) is 4.79 Å². The van der Waals surface area contributed by atoms with Crippen molar-refractivity contribution < 1.29 is 4.79 Å². The van der Waals surface area contributed by atoms with E-state index >= 15 is 0 Å². The van der Waals surface area contributed by atoms with E-state index in [-0.39, 0.29) is 12.3 Å². The van der Waals surface area contributed by atoms with Gasteiger partial charge in [0.2, 0.25) is 0 Å². The third-order valence-electron chi connectivity index (χ3n) is 2.50. The topological polar surface area (TPSA) is 43.1 Å². The molecule has 0 bridgehead atoms. The zero-order valence-corrected chi connectivity index (χ0v) is 8.66. The second kappa shape index (κ2) is 3.83. The van der Waals surface area contributed by atoms with Crippen molar-refractivity contribution in [2.75, 3.05) is 6.54 Å². The molecule has 2 nitrogen and oxygen atoms in total. The molecule has 2 aromatic carbocycles. The summed E-state index contributed by atoms with van der Waals surface area (Å²) < 4.78 is 0. The van der Waals surface area contributed by atoms with Crippen LogP contribution in [0.3, 0.4) is 0 Å². The Balaban J connectivity index is 2.57. The number of Topliss-reactive ketones (excluding diaryl/α,β-unsaturated/α-hetero) is 1. The maximum Gasteiger partial charge on any atom is 0.176 e. The summed E-state index contributed by atoms with van der Waals surface area (Å²) in [6.45, 7) is 2.12.